The van der Waals surface area contributed by atoms with E-state index >= 15 is 0 Å². The van der Waals surface area contributed by atoms with Gasteiger partial charge in [-0.05, 0) is 113 Å². The number of hydrogen-bond donors (Lipinski definition) is 0. The van der Waals surface area contributed by atoms with E-state index in [1.807, 2.05) is 11.3 Å². The van der Waals surface area contributed by atoms with Crippen molar-refractivity contribution in [3.63, 3.8) is 0 Å². The van der Waals surface area contributed by atoms with Crippen molar-refractivity contribution < 1.29 is 0 Å². The van der Waals surface area contributed by atoms with Gasteiger partial charge < -0.3 is 0 Å². The Morgan fingerprint density at radius 1 is 0.289 bits per heavy atom. The van der Waals surface area contributed by atoms with Gasteiger partial charge in [-0.3, -0.25) is 0 Å². The summed E-state index contributed by atoms with van der Waals surface area (Å²) in [7, 11) is 0. The molecule has 9 aromatic carbocycles. The Bertz CT molecular complexity index is 2750. The second-order valence-electron chi connectivity index (χ2n) is 12.1. The first-order chi connectivity index (χ1) is 22.3. The Hall–Kier alpha value is -5.50. The maximum absolute atomic E-state index is 2.39. The molecular weight excluding hydrogens is 561 g/mol. The van der Waals surface area contributed by atoms with E-state index in [0.29, 0.717) is 0 Å². The molecule has 0 unspecified atom stereocenters. The molecule has 0 radical (unpaired) electrons. The van der Waals surface area contributed by atoms with Gasteiger partial charge in [0, 0.05) is 20.2 Å². The molecule has 0 nitrogen and oxygen atoms in total. The SMILES string of the molecule is c1cc(-c2ccc3sc4ccc(-c5ccc6ccccc6c5)cc4c3c2)cc(-c2ccc3ccc4cccc5ccc2c3c45)c1. The summed E-state index contributed by atoms with van der Waals surface area (Å²) in [5, 5.41) is 13.1. The van der Waals surface area contributed by atoms with Gasteiger partial charge in [0.05, 0.1) is 0 Å². The number of fused-ring (bicyclic) bond motifs is 4. The molecular formula is C44H26S. The minimum atomic E-state index is 1.24. The van der Waals surface area contributed by atoms with Crippen LogP contribution >= 0.6 is 11.3 Å². The summed E-state index contributed by atoms with van der Waals surface area (Å²) in [4.78, 5) is 0. The molecule has 10 rings (SSSR count). The monoisotopic (exact) mass is 586 g/mol. The van der Waals surface area contributed by atoms with Crippen molar-refractivity contribution in [2.45, 2.75) is 0 Å². The zero-order chi connectivity index (χ0) is 29.5. The normalized spacial score (nSPS) is 12.0. The van der Waals surface area contributed by atoms with Crippen LogP contribution in [0.1, 0.15) is 0 Å². The summed E-state index contributed by atoms with van der Waals surface area (Å²) >= 11 is 1.88. The van der Waals surface area contributed by atoms with Crippen LogP contribution in [0.4, 0.5) is 0 Å². The van der Waals surface area contributed by atoms with Crippen LogP contribution in [-0.2, 0) is 0 Å². The molecule has 1 aromatic heterocycles. The van der Waals surface area contributed by atoms with Gasteiger partial charge in [0.15, 0.2) is 0 Å². The fourth-order valence-electron chi connectivity index (χ4n) is 7.36. The zero-order valence-electron chi connectivity index (χ0n) is 24.4. The van der Waals surface area contributed by atoms with E-state index in [9.17, 15) is 0 Å². The summed E-state index contributed by atoms with van der Waals surface area (Å²) in [6, 6.07) is 58.6. The van der Waals surface area contributed by atoms with Crippen molar-refractivity contribution >= 4 is 74.6 Å². The van der Waals surface area contributed by atoms with Gasteiger partial charge >= 0.3 is 0 Å². The van der Waals surface area contributed by atoms with Gasteiger partial charge in [-0.2, -0.15) is 0 Å². The average molecular weight is 587 g/mol. The van der Waals surface area contributed by atoms with E-state index in [-0.39, 0.29) is 0 Å². The molecule has 208 valence electrons. The largest absolute Gasteiger partial charge is 0.135 e. The maximum Gasteiger partial charge on any atom is 0.0355 e. The molecule has 45 heavy (non-hydrogen) atoms. The van der Waals surface area contributed by atoms with Crippen molar-refractivity contribution in [2.24, 2.45) is 0 Å². The molecule has 0 bridgehead atoms. The highest BCUT2D eigenvalue weighted by molar-refractivity contribution is 7.25. The van der Waals surface area contributed by atoms with E-state index < -0.39 is 0 Å². The van der Waals surface area contributed by atoms with Crippen LogP contribution in [0.3, 0.4) is 0 Å². The Morgan fingerprint density at radius 2 is 0.822 bits per heavy atom. The number of thiophene rings is 1. The first-order valence-electron chi connectivity index (χ1n) is 15.5. The quantitative estimate of drug-likeness (QED) is 0.181. The lowest BCUT2D eigenvalue weighted by atomic mass is 9.89. The highest BCUT2D eigenvalue weighted by atomic mass is 32.1. The predicted octanol–water partition coefficient (Wildman–Crippen LogP) is 13.1. The molecule has 0 saturated heterocycles. The lowest BCUT2D eigenvalue weighted by Crippen LogP contribution is -1.87. The third-order valence-electron chi connectivity index (χ3n) is 9.59. The fourth-order valence-corrected chi connectivity index (χ4v) is 8.43. The Kier molecular flexibility index (Phi) is 5.25. The lowest BCUT2D eigenvalue weighted by Gasteiger charge is -2.14. The zero-order valence-corrected chi connectivity index (χ0v) is 25.2. The van der Waals surface area contributed by atoms with Crippen molar-refractivity contribution in [3.05, 3.63) is 158 Å². The molecule has 0 amide bonds. The van der Waals surface area contributed by atoms with Crippen LogP contribution in [-0.4, -0.2) is 0 Å². The third-order valence-corrected chi connectivity index (χ3v) is 10.7. The second-order valence-corrected chi connectivity index (χ2v) is 13.2. The lowest BCUT2D eigenvalue weighted by molar-refractivity contribution is 1.63. The van der Waals surface area contributed by atoms with Gasteiger partial charge in [-0.1, -0.05) is 121 Å². The van der Waals surface area contributed by atoms with Gasteiger partial charge in [0.1, 0.15) is 0 Å². The first kappa shape index (κ1) is 24.9. The molecule has 0 aliphatic carbocycles. The number of rotatable bonds is 3. The standard InChI is InChI=1S/C44H26S/c1-2-6-31-23-33(14-11-27(31)5-1)35-18-22-42-40(26-35)39-25-34(17-21-41(39)45-42)32-9-4-10-36(24-32)37-19-15-30-13-12-28-7-3-8-29-16-20-38(37)44(30)43(28)29/h1-26H. The maximum atomic E-state index is 2.39. The van der Waals surface area contributed by atoms with Gasteiger partial charge in [0.2, 0.25) is 0 Å². The second kappa shape index (κ2) is 9.50. The molecule has 10 aromatic rings. The summed E-state index contributed by atoms with van der Waals surface area (Å²) in [6.45, 7) is 0. The van der Waals surface area contributed by atoms with E-state index in [2.05, 4.69) is 158 Å². The Labute approximate surface area is 264 Å². The van der Waals surface area contributed by atoms with Crippen LogP contribution in [0.2, 0.25) is 0 Å². The van der Waals surface area contributed by atoms with Crippen LogP contribution in [0.25, 0.3) is 96.6 Å². The molecule has 0 spiro atoms. The fraction of sp³-hybridized carbons (Fsp3) is 0. The van der Waals surface area contributed by atoms with Crippen LogP contribution in [0.5, 0.6) is 0 Å². The Balaban J connectivity index is 1.10. The first-order valence-corrected chi connectivity index (χ1v) is 16.3. The Morgan fingerprint density at radius 3 is 1.60 bits per heavy atom. The molecule has 0 aliphatic rings. The van der Waals surface area contributed by atoms with Gasteiger partial charge in [-0.25, -0.2) is 0 Å². The molecule has 0 N–H and O–H groups in total. The van der Waals surface area contributed by atoms with Crippen molar-refractivity contribution in [1.29, 1.82) is 0 Å². The van der Waals surface area contributed by atoms with E-state index in [1.165, 1.54) is 96.6 Å². The van der Waals surface area contributed by atoms with E-state index in [0.717, 1.165) is 0 Å². The summed E-state index contributed by atoms with van der Waals surface area (Å²) in [5.41, 5.74) is 7.54. The third kappa shape index (κ3) is 3.84. The highest BCUT2D eigenvalue weighted by Gasteiger charge is 2.14. The van der Waals surface area contributed by atoms with Crippen molar-refractivity contribution in [3.8, 4) is 33.4 Å². The predicted molar refractivity (Wildman–Crippen MR) is 197 cm³/mol. The summed E-state index contributed by atoms with van der Waals surface area (Å²) in [6.07, 6.45) is 0. The average Bonchev–Trinajstić information content (AvgIpc) is 3.47. The van der Waals surface area contributed by atoms with Crippen molar-refractivity contribution in [1.82, 2.24) is 0 Å². The number of hydrogen-bond acceptors (Lipinski definition) is 1. The minimum absolute atomic E-state index is 1.24. The number of benzene rings is 9. The van der Waals surface area contributed by atoms with E-state index in [4.69, 9.17) is 0 Å². The molecule has 1 heterocycles. The molecule has 0 saturated carbocycles. The minimum Gasteiger partial charge on any atom is -0.135 e. The van der Waals surface area contributed by atoms with E-state index in [1.54, 1.807) is 0 Å². The summed E-state index contributed by atoms with van der Waals surface area (Å²) < 4.78 is 2.65. The topological polar surface area (TPSA) is 0 Å². The van der Waals surface area contributed by atoms with Crippen molar-refractivity contribution in [2.75, 3.05) is 0 Å². The molecule has 1 heteroatoms. The van der Waals surface area contributed by atoms with Gasteiger partial charge in [0.25, 0.3) is 0 Å². The van der Waals surface area contributed by atoms with Crippen LogP contribution in [0, 0.1) is 0 Å². The van der Waals surface area contributed by atoms with Crippen LogP contribution in [0.15, 0.2) is 158 Å². The summed E-state index contributed by atoms with van der Waals surface area (Å²) in [5.74, 6) is 0. The molecule has 0 aliphatic heterocycles. The molecule has 0 atom stereocenters. The highest BCUT2D eigenvalue weighted by Crippen LogP contribution is 2.42. The van der Waals surface area contributed by atoms with Crippen LogP contribution < -0.4 is 0 Å². The molecule has 0 fully saturated rings. The van der Waals surface area contributed by atoms with Gasteiger partial charge in [-0.15, -0.1) is 11.3 Å². The smallest absolute Gasteiger partial charge is 0.0355 e.